The van der Waals surface area contributed by atoms with Crippen molar-refractivity contribution in [3.63, 3.8) is 0 Å². The molecule has 1 aromatic rings. The van der Waals surface area contributed by atoms with Crippen molar-refractivity contribution in [2.24, 2.45) is 0 Å². The molecule has 1 saturated heterocycles. The molecule has 1 aliphatic heterocycles. The fraction of sp³-hybridized carbons (Fsp3) is 0.545. The predicted molar refractivity (Wildman–Crippen MR) is 72.4 cm³/mol. The summed E-state index contributed by atoms with van der Waals surface area (Å²) in [4.78, 5) is 6.57. The molecule has 2 N–H and O–H groups in total. The van der Waals surface area contributed by atoms with Crippen LogP contribution in [0.3, 0.4) is 0 Å². The number of aromatic nitrogens is 1. The number of nitrogens with two attached hydrogens (primary N) is 1. The van der Waals surface area contributed by atoms with Gasteiger partial charge in [-0.25, -0.2) is 4.98 Å². The van der Waals surface area contributed by atoms with E-state index in [0.29, 0.717) is 10.7 Å². The van der Waals surface area contributed by atoms with Crippen LogP contribution in [-0.2, 0) is 0 Å². The van der Waals surface area contributed by atoms with E-state index >= 15 is 0 Å². The molecule has 2 rings (SSSR count). The van der Waals surface area contributed by atoms with Gasteiger partial charge in [-0.3, -0.25) is 0 Å². The van der Waals surface area contributed by atoms with Gasteiger partial charge in [0.2, 0.25) is 0 Å². The third-order valence-corrected chi connectivity index (χ3v) is 4.09. The molecule has 0 bridgehead atoms. The van der Waals surface area contributed by atoms with Gasteiger partial charge in [0, 0.05) is 29.8 Å². The Morgan fingerprint density at radius 3 is 2.94 bits per heavy atom. The lowest BCUT2D eigenvalue weighted by molar-refractivity contribution is 0.643. The Morgan fingerprint density at radius 1 is 1.56 bits per heavy atom. The van der Waals surface area contributed by atoms with E-state index in [4.69, 9.17) is 17.3 Å². The van der Waals surface area contributed by atoms with Crippen molar-refractivity contribution in [1.29, 1.82) is 0 Å². The molecule has 1 aliphatic rings. The van der Waals surface area contributed by atoms with Crippen LogP contribution in [0.1, 0.15) is 13.8 Å². The van der Waals surface area contributed by atoms with Crippen LogP contribution in [0.4, 0.5) is 11.5 Å². The highest BCUT2D eigenvalue weighted by Gasteiger charge is 2.28. The van der Waals surface area contributed by atoms with E-state index in [0.717, 1.165) is 24.7 Å². The summed E-state index contributed by atoms with van der Waals surface area (Å²) >= 11 is 7.84. The Balaban J connectivity index is 2.23. The van der Waals surface area contributed by atoms with Crippen molar-refractivity contribution >= 4 is 34.9 Å². The first kappa shape index (κ1) is 11.9. The van der Waals surface area contributed by atoms with E-state index in [1.807, 2.05) is 11.8 Å². The van der Waals surface area contributed by atoms with Gasteiger partial charge in [0.15, 0.2) is 5.82 Å². The minimum absolute atomic E-state index is 0.256. The number of halogens is 1. The average molecular weight is 258 g/mol. The molecule has 1 aromatic heterocycles. The molecule has 0 unspecified atom stereocenters. The van der Waals surface area contributed by atoms with Gasteiger partial charge in [-0.15, -0.1) is 0 Å². The number of hydrogen-bond donors (Lipinski definition) is 1. The van der Waals surface area contributed by atoms with Crippen LogP contribution in [0, 0.1) is 0 Å². The van der Waals surface area contributed by atoms with E-state index in [2.05, 4.69) is 23.7 Å². The molecule has 0 atom stereocenters. The van der Waals surface area contributed by atoms with Crippen molar-refractivity contribution in [3.05, 3.63) is 17.3 Å². The number of pyridine rings is 1. The van der Waals surface area contributed by atoms with E-state index in [1.165, 1.54) is 0 Å². The smallest absolute Gasteiger partial charge is 0.151 e. The van der Waals surface area contributed by atoms with Crippen LogP contribution >= 0.6 is 23.4 Å². The Labute approximate surface area is 105 Å². The van der Waals surface area contributed by atoms with Crippen molar-refractivity contribution in [3.8, 4) is 0 Å². The molecule has 1 fully saturated rings. The largest absolute Gasteiger partial charge is 0.396 e. The van der Waals surface area contributed by atoms with Crippen molar-refractivity contribution in [2.45, 2.75) is 18.6 Å². The van der Waals surface area contributed by atoms with Crippen LogP contribution < -0.4 is 10.6 Å². The highest BCUT2D eigenvalue weighted by atomic mass is 35.5. The van der Waals surface area contributed by atoms with E-state index in [-0.39, 0.29) is 4.75 Å². The first-order valence-electron chi connectivity index (χ1n) is 5.28. The van der Waals surface area contributed by atoms with Crippen LogP contribution in [0.5, 0.6) is 0 Å². The van der Waals surface area contributed by atoms with Crippen LogP contribution in [-0.4, -0.2) is 28.6 Å². The zero-order chi connectivity index (χ0) is 11.8. The van der Waals surface area contributed by atoms with Crippen LogP contribution in [0.2, 0.25) is 5.02 Å². The first-order valence-corrected chi connectivity index (χ1v) is 6.64. The fourth-order valence-corrected chi connectivity index (χ4v) is 3.19. The maximum atomic E-state index is 5.95. The number of rotatable bonds is 1. The number of nitrogens with zero attached hydrogens (tertiary/aromatic N) is 2. The standard InChI is InChI=1S/C11H16ClN3S/c1-11(2)7-15(3-4-16-11)10-9(13)5-8(12)6-14-10/h5-6H,3-4,7,13H2,1-2H3. The number of thioether (sulfide) groups is 1. The molecule has 3 nitrogen and oxygen atoms in total. The van der Waals surface area contributed by atoms with Gasteiger partial charge in [-0.1, -0.05) is 11.6 Å². The van der Waals surface area contributed by atoms with Crippen molar-refractivity contribution < 1.29 is 0 Å². The molecule has 0 spiro atoms. The minimum atomic E-state index is 0.256. The van der Waals surface area contributed by atoms with Gasteiger partial charge in [0.25, 0.3) is 0 Å². The molecule has 5 heteroatoms. The molecule has 0 amide bonds. The molecule has 2 heterocycles. The maximum absolute atomic E-state index is 5.95. The van der Waals surface area contributed by atoms with Crippen LogP contribution in [0.15, 0.2) is 12.3 Å². The number of nitrogen functional groups attached to an aromatic ring is 1. The van der Waals surface area contributed by atoms with E-state index < -0.39 is 0 Å². The molecule has 0 aromatic carbocycles. The average Bonchev–Trinajstić information content (AvgIpc) is 2.15. The number of anilines is 2. The van der Waals surface area contributed by atoms with Gasteiger partial charge in [-0.05, 0) is 19.9 Å². The lowest BCUT2D eigenvalue weighted by Gasteiger charge is -2.38. The first-order chi connectivity index (χ1) is 7.48. The highest BCUT2D eigenvalue weighted by molar-refractivity contribution is 8.00. The third kappa shape index (κ3) is 2.55. The van der Waals surface area contributed by atoms with Crippen LogP contribution in [0.25, 0.3) is 0 Å². The summed E-state index contributed by atoms with van der Waals surface area (Å²) in [5.41, 5.74) is 6.61. The summed E-state index contributed by atoms with van der Waals surface area (Å²) in [7, 11) is 0. The second-order valence-corrected chi connectivity index (χ2v) is 6.83. The Kier molecular flexibility index (Phi) is 3.22. The molecular formula is C11H16ClN3S. The Hall–Kier alpha value is -0.610. The molecule has 16 heavy (non-hydrogen) atoms. The summed E-state index contributed by atoms with van der Waals surface area (Å²) in [6, 6.07) is 1.76. The zero-order valence-electron chi connectivity index (χ0n) is 9.53. The SMILES string of the molecule is CC1(C)CN(c2ncc(Cl)cc2N)CCS1. The van der Waals surface area contributed by atoms with E-state index in [9.17, 15) is 0 Å². The topological polar surface area (TPSA) is 42.2 Å². The maximum Gasteiger partial charge on any atom is 0.151 e. The summed E-state index contributed by atoms with van der Waals surface area (Å²) in [5, 5.41) is 0.590. The summed E-state index contributed by atoms with van der Waals surface area (Å²) in [6.07, 6.45) is 1.65. The lowest BCUT2D eigenvalue weighted by Crippen LogP contribution is -2.43. The monoisotopic (exact) mass is 257 g/mol. The van der Waals surface area contributed by atoms with Gasteiger partial charge in [-0.2, -0.15) is 11.8 Å². The van der Waals surface area contributed by atoms with Crippen molar-refractivity contribution in [1.82, 2.24) is 4.98 Å². The second kappa shape index (κ2) is 4.34. The lowest BCUT2D eigenvalue weighted by atomic mass is 10.2. The predicted octanol–water partition coefficient (Wildman–Crippen LogP) is 2.65. The summed E-state index contributed by atoms with van der Waals surface area (Å²) in [6.45, 7) is 6.45. The number of hydrogen-bond acceptors (Lipinski definition) is 4. The zero-order valence-corrected chi connectivity index (χ0v) is 11.1. The summed E-state index contributed by atoms with van der Waals surface area (Å²) < 4.78 is 0.256. The molecular weight excluding hydrogens is 242 g/mol. The molecule has 0 saturated carbocycles. The second-order valence-electron chi connectivity index (χ2n) is 4.60. The van der Waals surface area contributed by atoms with Gasteiger partial charge < -0.3 is 10.6 Å². The third-order valence-electron chi connectivity index (χ3n) is 2.59. The van der Waals surface area contributed by atoms with E-state index in [1.54, 1.807) is 12.3 Å². The quantitative estimate of drug-likeness (QED) is 0.840. The van der Waals surface area contributed by atoms with Gasteiger partial charge >= 0.3 is 0 Å². The van der Waals surface area contributed by atoms with Gasteiger partial charge in [0.05, 0.1) is 10.7 Å². The Morgan fingerprint density at radius 2 is 2.31 bits per heavy atom. The molecule has 0 aliphatic carbocycles. The normalized spacial score (nSPS) is 19.8. The molecule has 88 valence electrons. The Bertz CT molecular complexity index is 395. The van der Waals surface area contributed by atoms with Crippen molar-refractivity contribution in [2.75, 3.05) is 29.5 Å². The fourth-order valence-electron chi connectivity index (χ4n) is 1.91. The summed E-state index contributed by atoms with van der Waals surface area (Å²) in [5.74, 6) is 1.97. The highest BCUT2D eigenvalue weighted by Crippen LogP contribution is 2.33. The molecule has 0 radical (unpaired) electrons. The minimum Gasteiger partial charge on any atom is -0.396 e. The van der Waals surface area contributed by atoms with Gasteiger partial charge in [0.1, 0.15) is 0 Å².